The summed E-state index contributed by atoms with van der Waals surface area (Å²) in [5.74, 6) is 0. The van der Waals surface area contributed by atoms with Crippen molar-refractivity contribution in [2.75, 3.05) is 0 Å². The SMILES string of the molecule is c1cncc(-c2cc3ncccc3s2)c1. The first kappa shape index (κ1) is 8.56. The number of nitrogens with zero attached hydrogens (tertiary/aromatic N) is 2. The van der Waals surface area contributed by atoms with E-state index in [9.17, 15) is 0 Å². The van der Waals surface area contributed by atoms with Crippen molar-refractivity contribution in [3.63, 3.8) is 0 Å². The normalized spacial score (nSPS) is 10.7. The van der Waals surface area contributed by atoms with Gasteiger partial charge < -0.3 is 0 Å². The van der Waals surface area contributed by atoms with Crippen molar-refractivity contribution in [2.45, 2.75) is 0 Å². The Bertz CT molecular complexity index is 554. The molecule has 0 aliphatic heterocycles. The molecule has 0 atom stereocenters. The molecule has 3 aromatic rings. The molecule has 2 nitrogen and oxygen atoms in total. The summed E-state index contributed by atoms with van der Waals surface area (Å²) in [5.41, 5.74) is 2.21. The highest BCUT2D eigenvalue weighted by molar-refractivity contribution is 7.22. The van der Waals surface area contributed by atoms with Crippen LogP contribution in [-0.2, 0) is 0 Å². The van der Waals surface area contributed by atoms with Gasteiger partial charge in [-0.1, -0.05) is 6.07 Å². The fourth-order valence-corrected chi connectivity index (χ4v) is 2.53. The van der Waals surface area contributed by atoms with Crippen molar-refractivity contribution in [1.82, 2.24) is 9.97 Å². The van der Waals surface area contributed by atoms with Gasteiger partial charge in [0.1, 0.15) is 0 Å². The van der Waals surface area contributed by atoms with E-state index in [1.165, 1.54) is 9.58 Å². The summed E-state index contributed by atoms with van der Waals surface area (Å²) in [4.78, 5) is 9.65. The van der Waals surface area contributed by atoms with Crippen molar-refractivity contribution in [3.05, 3.63) is 48.9 Å². The lowest BCUT2D eigenvalue weighted by molar-refractivity contribution is 1.33. The van der Waals surface area contributed by atoms with Gasteiger partial charge in [-0.2, -0.15) is 0 Å². The molecule has 0 radical (unpaired) electrons. The zero-order valence-corrected chi connectivity index (χ0v) is 8.74. The lowest BCUT2D eigenvalue weighted by Crippen LogP contribution is -1.72. The van der Waals surface area contributed by atoms with Gasteiger partial charge >= 0.3 is 0 Å². The van der Waals surface area contributed by atoms with Gasteiger partial charge in [0, 0.05) is 29.0 Å². The van der Waals surface area contributed by atoms with E-state index in [4.69, 9.17) is 0 Å². The first-order valence-corrected chi connectivity index (χ1v) is 5.50. The third-order valence-corrected chi connectivity index (χ3v) is 3.37. The highest BCUT2D eigenvalue weighted by Gasteiger charge is 2.03. The van der Waals surface area contributed by atoms with Crippen LogP contribution in [0.2, 0.25) is 0 Å². The van der Waals surface area contributed by atoms with Gasteiger partial charge in [-0.25, -0.2) is 0 Å². The smallest absolute Gasteiger partial charge is 0.0816 e. The molecule has 72 valence electrons. The Morgan fingerprint density at radius 1 is 1.07 bits per heavy atom. The molecule has 0 N–H and O–H groups in total. The summed E-state index contributed by atoms with van der Waals surface area (Å²) >= 11 is 1.75. The molecule has 3 heterocycles. The van der Waals surface area contributed by atoms with Crippen LogP contribution in [0.25, 0.3) is 20.7 Å². The predicted molar refractivity (Wildman–Crippen MR) is 62.9 cm³/mol. The maximum Gasteiger partial charge on any atom is 0.0816 e. The fraction of sp³-hybridized carbons (Fsp3) is 0. The van der Waals surface area contributed by atoms with Crippen molar-refractivity contribution in [3.8, 4) is 10.4 Å². The molecule has 3 aromatic heterocycles. The first-order valence-electron chi connectivity index (χ1n) is 4.68. The maximum atomic E-state index is 4.32. The summed E-state index contributed by atoms with van der Waals surface area (Å²) in [6.07, 6.45) is 5.49. The minimum atomic E-state index is 1.06. The molecule has 0 saturated carbocycles. The summed E-state index contributed by atoms with van der Waals surface area (Å²) < 4.78 is 1.22. The number of thiophene rings is 1. The summed E-state index contributed by atoms with van der Waals surface area (Å²) in [6.45, 7) is 0. The van der Waals surface area contributed by atoms with Crippen molar-refractivity contribution in [2.24, 2.45) is 0 Å². The van der Waals surface area contributed by atoms with Gasteiger partial charge in [0.25, 0.3) is 0 Å². The molecule has 15 heavy (non-hydrogen) atoms. The van der Waals surface area contributed by atoms with E-state index in [1.807, 2.05) is 24.5 Å². The van der Waals surface area contributed by atoms with Crippen molar-refractivity contribution >= 4 is 21.6 Å². The van der Waals surface area contributed by atoms with Crippen LogP contribution in [0.15, 0.2) is 48.9 Å². The molecule has 0 spiro atoms. The minimum absolute atomic E-state index is 1.06. The van der Waals surface area contributed by atoms with Crippen LogP contribution in [-0.4, -0.2) is 9.97 Å². The highest BCUT2D eigenvalue weighted by atomic mass is 32.1. The molecule has 0 bridgehead atoms. The Labute approximate surface area is 91.2 Å². The summed E-state index contributed by atoms with van der Waals surface area (Å²) in [7, 11) is 0. The van der Waals surface area contributed by atoms with E-state index in [1.54, 1.807) is 17.5 Å². The second kappa shape index (κ2) is 3.44. The molecule has 3 rings (SSSR count). The Balaban J connectivity index is 2.21. The molecular weight excluding hydrogens is 204 g/mol. The first-order chi connectivity index (χ1) is 7.43. The summed E-state index contributed by atoms with van der Waals surface area (Å²) in [5, 5.41) is 0. The standard InChI is InChI=1S/C12H8N2S/c1-3-9(8-13-5-1)12-7-10-11(15-12)4-2-6-14-10/h1-8H. The van der Waals surface area contributed by atoms with Gasteiger partial charge in [-0.15, -0.1) is 11.3 Å². The number of pyridine rings is 2. The minimum Gasteiger partial charge on any atom is -0.264 e. The number of hydrogen-bond acceptors (Lipinski definition) is 3. The van der Waals surface area contributed by atoms with Gasteiger partial charge in [0.2, 0.25) is 0 Å². The van der Waals surface area contributed by atoms with Crippen LogP contribution in [0, 0.1) is 0 Å². The molecule has 3 heteroatoms. The lowest BCUT2D eigenvalue weighted by atomic mass is 10.2. The van der Waals surface area contributed by atoms with Gasteiger partial charge in [-0.3, -0.25) is 9.97 Å². The van der Waals surface area contributed by atoms with Crippen LogP contribution in [0.1, 0.15) is 0 Å². The van der Waals surface area contributed by atoms with Gasteiger partial charge in [0.15, 0.2) is 0 Å². The fourth-order valence-electron chi connectivity index (χ4n) is 1.52. The largest absolute Gasteiger partial charge is 0.264 e. The molecule has 0 aromatic carbocycles. The van der Waals surface area contributed by atoms with E-state index < -0.39 is 0 Å². The van der Waals surface area contributed by atoms with Crippen molar-refractivity contribution < 1.29 is 0 Å². The third-order valence-electron chi connectivity index (χ3n) is 2.23. The van der Waals surface area contributed by atoms with Crippen LogP contribution < -0.4 is 0 Å². The highest BCUT2D eigenvalue weighted by Crippen LogP contribution is 2.31. The van der Waals surface area contributed by atoms with Crippen molar-refractivity contribution in [1.29, 1.82) is 0 Å². The molecule has 0 fully saturated rings. The molecular formula is C12H8N2S. The van der Waals surface area contributed by atoms with E-state index in [0.717, 1.165) is 11.1 Å². The Hall–Kier alpha value is -1.74. The van der Waals surface area contributed by atoms with Crippen LogP contribution in [0.4, 0.5) is 0 Å². The number of rotatable bonds is 1. The lowest BCUT2D eigenvalue weighted by Gasteiger charge is -1.92. The number of fused-ring (bicyclic) bond motifs is 1. The van der Waals surface area contributed by atoms with Gasteiger partial charge in [-0.05, 0) is 24.3 Å². The Morgan fingerprint density at radius 3 is 2.80 bits per heavy atom. The predicted octanol–water partition coefficient (Wildman–Crippen LogP) is 3.36. The molecule has 0 saturated heterocycles. The topological polar surface area (TPSA) is 25.8 Å². The van der Waals surface area contributed by atoms with Crippen LogP contribution >= 0.6 is 11.3 Å². The summed E-state index contributed by atoms with van der Waals surface area (Å²) in [6, 6.07) is 10.2. The molecule has 0 amide bonds. The molecule has 0 unspecified atom stereocenters. The molecule has 0 aliphatic rings. The van der Waals surface area contributed by atoms with Gasteiger partial charge in [0.05, 0.1) is 10.2 Å². The second-order valence-corrected chi connectivity index (χ2v) is 4.32. The zero-order valence-electron chi connectivity index (χ0n) is 7.92. The average Bonchev–Trinajstić information content (AvgIpc) is 2.74. The van der Waals surface area contributed by atoms with E-state index in [-0.39, 0.29) is 0 Å². The van der Waals surface area contributed by atoms with Crippen LogP contribution in [0.5, 0.6) is 0 Å². The van der Waals surface area contributed by atoms with Crippen LogP contribution in [0.3, 0.4) is 0 Å². The maximum absolute atomic E-state index is 4.32. The second-order valence-electron chi connectivity index (χ2n) is 3.24. The van der Waals surface area contributed by atoms with E-state index in [2.05, 4.69) is 28.2 Å². The molecule has 0 aliphatic carbocycles. The Kier molecular flexibility index (Phi) is 1.96. The van der Waals surface area contributed by atoms with E-state index in [0.29, 0.717) is 0 Å². The third kappa shape index (κ3) is 1.51. The van der Waals surface area contributed by atoms with E-state index >= 15 is 0 Å². The zero-order chi connectivity index (χ0) is 10.1. The number of aromatic nitrogens is 2. The monoisotopic (exact) mass is 212 g/mol. The number of hydrogen-bond donors (Lipinski definition) is 0. The quantitative estimate of drug-likeness (QED) is 0.618. The Morgan fingerprint density at radius 2 is 2.00 bits per heavy atom. The average molecular weight is 212 g/mol.